The number of methoxy groups -OCH3 is 1. The number of para-hydroxylation sites is 2. The van der Waals surface area contributed by atoms with Gasteiger partial charge in [0.2, 0.25) is 5.91 Å². The van der Waals surface area contributed by atoms with Crippen molar-refractivity contribution >= 4 is 28.5 Å². The molecule has 0 unspecified atom stereocenters. The van der Waals surface area contributed by atoms with Gasteiger partial charge in [-0.3, -0.25) is 19.6 Å². The molecular formula is C23H20N4O4. The number of carbonyl (C=O) groups excluding carboxylic acids is 2. The van der Waals surface area contributed by atoms with Gasteiger partial charge < -0.3 is 19.4 Å². The number of furan rings is 1. The maximum atomic E-state index is 13.3. The molecule has 0 spiro atoms. The van der Waals surface area contributed by atoms with E-state index in [0.29, 0.717) is 33.8 Å². The lowest BCUT2D eigenvalue weighted by atomic mass is 10.1. The van der Waals surface area contributed by atoms with E-state index in [4.69, 9.17) is 9.15 Å². The van der Waals surface area contributed by atoms with Gasteiger partial charge in [-0.15, -0.1) is 0 Å². The Morgan fingerprint density at radius 3 is 2.61 bits per heavy atom. The van der Waals surface area contributed by atoms with Gasteiger partial charge in [0.25, 0.3) is 5.91 Å². The molecule has 0 atom stereocenters. The van der Waals surface area contributed by atoms with Gasteiger partial charge in [0, 0.05) is 18.0 Å². The summed E-state index contributed by atoms with van der Waals surface area (Å²) in [6, 6.07) is 15.6. The predicted octanol–water partition coefficient (Wildman–Crippen LogP) is 3.51. The zero-order chi connectivity index (χ0) is 21.6. The fraction of sp³-hybridized carbons (Fsp3) is 0.130. The van der Waals surface area contributed by atoms with Crippen LogP contribution in [0.25, 0.3) is 11.0 Å². The van der Waals surface area contributed by atoms with E-state index in [1.165, 1.54) is 18.3 Å². The highest BCUT2D eigenvalue weighted by Gasteiger charge is 2.21. The summed E-state index contributed by atoms with van der Waals surface area (Å²) in [6.07, 6.45) is 4.69. The van der Waals surface area contributed by atoms with Crippen LogP contribution in [0, 0.1) is 0 Å². The smallest absolute Gasteiger partial charge is 0.254 e. The molecular weight excluding hydrogens is 396 g/mol. The molecule has 0 saturated carbocycles. The zero-order valence-corrected chi connectivity index (χ0v) is 16.8. The van der Waals surface area contributed by atoms with Crippen molar-refractivity contribution in [3.8, 4) is 5.75 Å². The summed E-state index contributed by atoms with van der Waals surface area (Å²) in [5, 5.41) is 2.80. The molecule has 156 valence electrons. The molecule has 0 bridgehead atoms. The topological polar surface area (TPSA) is 97.6 Å². The van der Waals surface area contributed by atoms with Gasteiger partial charge in [-0.1, -0.05) is 12.1 Å². The lowest BCUT2D eigenvalue weighted by molar-refractivity contribution is -0.117. The Morgan fingerprint density at radius 1 is 1.03 bits per heavy atom. The van der Waals surface area contributed by atoms with Crippen LogP contribution in [0.15, 0.2) is 77.7 Å². The van der Waals surface area contributed by atoms with E-state index in [1.54, 1.807) is 60.9 Å². The number of hydrogen-bond acceptors (Lipinski definition) is 6. The second kappa shape index (κ2) is 9.08. The van der Waals surface area contributed by atoms with Crippen LogP contribution in [0.4, 0.5) is 5.69 Å². The van der Waals surface area contributed by atoms with Crippen LogP contribution in [0.2, 0.25) is 0 Å². The standard InChI is InChI=1S/C23H20N4O4/c1-30-21-7-3-2-6-19(21)26-22(28)15-27(14-17-5-4-12-31-17)23(29)16-8-9-18-20(13-16)25-11-10-24-18/h2-13H,14-15H2,1H3,(H,26,28). The lowest BCUT2D eigenvalue weighted by Crippen LogP contribution is -2.37. The monoisotopic (exact) mass is 416 g/mol. The molecule has 0 fully saturated rings. The van der Waals surface area contributed by atoms with Crippen molar-refractivity contribution < 1.29 is 18.7 Å². The van der Waals surface area contributed by atoms with E-state index in [9.17, 15) is 9.59 Å². The normalized spacial score (nSPS) is 10.6. The summed E-state index contributed by atoms with van der Waals surface area (Å²) in [5.74, 6) is 0.427. The number of rotatable bonds is 7. The predicted molar refractivity (Wildman–Crippen MR) is 115 cm³/mol. The first-order valence-electron chi connectivity index (χ1n) is 9.59. The third kappa shape index (κ3) is 4.69. The summed E-state index contributed by atoms with van der Waals surface area (Å²) in [6.45, 7) is -0.0280. The number of anilines is 1. The molecule has 0 aliphatic rings. The van der Waals surface area contributed by atoms with Gasteiger partial charge in [0.15, 0.2) is 0 Å². The van der Waals surface area contributed by atoms with Crippen molar-refractivity contribution in [2.24, 2.45) is 0 Å². The van der Waals surface area contributed by atoms with Crippen LogP contribution < -0.4 is 10.1 Å². The Morgan fingerprint density at radius 2 is 1.84 bits per heavy atom. The van der Waals surface area contributed by atoms with Gasteiger partial charge in [0.1, 0.15) is 18.1 Å². The molecule has 2 heterocycles. The second-order valence-electron chi connectivity index (χ2n) is 6.75. The van der Waals surface area contributed by atoms with Crippen LogP contribution in [-0.4, -0.2) is 40.3 Å². The third-order valence-electron chi connectivity index (χ3n) is 4.65. The Balaban J connectivity index is 1.57. The van der Waals surface area contributed by atoms with Crippen molar-refractivity contribution in [1.29, 1.82) is 0 Å². The van der Waals surface area contributed by atoms with E-state index < -0.39 is 0 Å². The van der Waals surface area contributed by atoms with Crippen molar-refractivity contribution in [1.82, 2.24) is 14.9 Å². The molecule has 0 radical (unpaired) electrons. The number of fused-ring (bicyclic) bond motifs is 1. The first-order chi connectivity index (χ1) is 15.1. The van der Waals surface area contributed by atoms with Crippen LogP contribution in [0.1, 0.15) is 16.1 Å². The fourth-order valence-electron chi connectivity index (χ4n) is 3.18. The van der Waals surface area contributed by atoms with Gasteiger partial charge in [-0.05, 0) is 42.5 Å². The van der Waals surface area contributed by atoms with Gasteiger partial charge in [0.05, 0.1) is 36.6 Å². The minimum absolute atomic E-state index is 0.143. The minimum Gasteiger partial charge on any atom is -0.495 e. The summed E-state index contributed by atoms with van der Waals surface area (Å²) >= 11 is 0. The molecule has 8 nitrogen and oxygen atoms in total. The lowest BCUT2D eigenvalue weighted by Gasteiger charge is -2.22. The molecule has 0 saturated heterocycles. The number of amides is 2. The highest BCUT2D eigenvalue weighted by Crippen LogP contribution is 2.23. The maximum Gasteiger partial charge on any atom is 0.254 e. The van der Waals surface area contributed by atoms with E-state index in [0.717, 1.165) is 0 Å². The molecule has 31 heavy (non-hydrogen) atoms. The largest absolute Gasteiger partial charge is 0.495 e. The summed E-state index contributed by atoms with van der Waals surface area (Å²) < 4.78 is 10.7. The molecule has 2 aromatic heterocycles. The first-order valence-corrected chi connectivity index (χ1v) is 9.59. The van der Waals surface area contributed by atoms with Crippen molar-refractivity contribution in [2.45, 2.75) is 6.54 Å². The highest BCUT2D eigenvalue weighted by atomic mass is 16.5. The van der Waals surface area contributed by atoms with Crippen LogP contribution >= 0.6 is 0 Å². The number of benzene rings is 2. The van der Waals surface area contributed by atoms with Crippen LogP contribution in [0.5, 0.6) is 5.75 Å². The Kier molecular flexibility index (Phi) is 5.89. The number of carbonyl (C=O) groups is 2. The number of nitrogens with one attached hydrogen (secondary N) is 1. The van der Waals surface area contributed by atoms with E-state index in [1.807, 2.05) is 6.07 Å². The van der Waals surface area contributed by atoms with Crippen LogP contribution in [-0.2, 0) is 11.3 Å². The number of hydrogen-bond donors (Lipinski definition) is 1. The average molecular weight is 416 g/mol. The first kappa shape index (κ1) is 20.1. The average Bonchev–Trinajstić information content (AvgIpc) is 3.31. The molecule has 4 rings (SSSR count). The fourth-order valence-corrected chi connectivity index (χ4v) is 3.18. The number of ether oxygens (including phenoxy) is 1. The quantitative estimate of drug-likeness (QED) is 0.495. The molecule has 0 aliphatic heterocycles. The molecule has 1 N–H and O–H groups in total. The molecule has 2 amide bonds. The summed E-state index contributed by atoms with van der Waals surface area (Å²) in [7, 11) is 1.53. The summed E-state index contributed by atoms with van der Waals surface area (Å²) in [4.78, 5) is 35.9. The summed E-state index contributed by atoms with van der Waals surface area (Å²) in [5.41, 5.74) is 2.22. The SMILES string of the molecule is COc1ccccc1NC(=O)CN(Cc1ccco1)C(=O)c1ccc2nccnc2c1. The molecule has 0 aliphatic carbocycles. The second-order valence-corrected chi connectivity index (χ2v) is 6.75. The molecule has 8 heteroatoms. The maximum absolute atomic E-state index is 13.3. The Hall–Kier alpha value is -4.20. The van der Waals surface area contributed by atoms with Crippen molar-refractivity contribution in [2.75, 3.05) is 19.0 Å². The van der Waals surface area contributed by atoms with Crippen molar-refractivity contribution in [3.05, 3.63) is 84.6 Å². The van der Waals surface area contributed by atoms with Gasteiger partial charge in [-0.2, -0.15) is 0 Å². The minimum atomic E-state index is -0.356. The van der Waals surface area contributed by atoms with Gasteiger partial charge in [-0.25, -0.2) is 0 Å². The molecule has 4 aromatic rings. The van der Waals surface area contributed by atoms with E-state index in [2.05, 4.69) is 15.3 Å². The Labute approximate surface area is 178 Å². The van der Waals surface area contributed by atoms with Crippen molar-refractivity contribution in [3.63, 3.8) is 0 Å². The van der Waals surface area contributed by atoms with Crippen LogP contribution in [0.3, 0.4) is 0 Å². The number of aromatic nitrogens is 2. The Bertz CT molecular complexity index is 1210. The highest BCUT2D eigenvalue weighted by molar-refractivity contribution is 6.01. The molecule has 2 aromatic carbocycles. The zero-order valence-electron chi connectivity index (χ0n) is 16.8. The number of nitrogens with zero attached hydrogens (tertiary/aromatic N) is 3. The van der Waals surface area contributed by atoms with Gasteiger partial charge >= 0.3 is 0 Å². The van der Waals surface area contributed by atoms with E-state index in [-0.39, 0.29) is 24.9 Å². The van der Waals surface area contributed by atoms with E-state index >= 15 is 0 Å². The third-order valence-corrected chi connectivity index (χ3v) is 4.65.